The van der Waals surface area contributed by atoms with Crippen molar-refractivity contribution in [3.63, 3.8) is 0 Å². The van der Waals surface area contributed by atoms with Crippen molar-refractivity contribution in [3.05, 3.63) is 0 Å². The van der Waals surface area contributed by atoms with Gasteiger partial charge in [0.05, 0.1) is 5.41 Å². The first-order valence-corrected chi connectivity index (χ1v) is 7.97. The van der Waals surface area contributed by atoms with Crippen LogP contribution >= 0.6 is 0 Å². The molecule has 7 unspecified atom stereocenters. The molecule has 3 saturated carbocycles. The van der Waals surface area contributed by atoms with Gasteiger partial charge < -0.3 is 0 Å². The minimum Gasteiger partial charge on any atom is -0.299 e. The monoisotopic (exact) mass is 245 g/mol. The summed E-state index contributed by atoms with van der Waals surface area (Å²) in [6, 6.07) is 0. The van der Waals surface area contributed by atoms with E-state index in [4.69, 9.17) is 0 Å². The maximum absolute atomic E-state index is 12.9. The predicted molar refractivity (Wildman–Crippen MR) is 69.1 cm³/mol. The van der Waals surface area contributed by atoms with E-state index in [0.29, 0.717) is 11.3 Å². The van der Waals surface area contributed by atoms with Gasteiger partial charge in [-0.3, -0.25) is 9.69 Å². The van der Waals surface area contributed by atoms with Crippen molar-refractivity contribution in [3.8, 4) is 0 Å². The van der Waals surface area contributed by atoms with Crippen LogP contribution in [0.2, 0.25) is 0 Å². The van der Waals surface area contributed by atoms with Crippen LogP contribution in [0.5, 0.6) is 0 Å². The van der Waals surface area contributed by atoms with E-state index in [1.165, 1.54) is 45.2 Å². The number of nitrogens with zero attached hydrogens (tertiary/aromatic N) is 1. The van der Waals surface area contributed by atoms with Gasteiger partial charge in [-0.1, -0.05) is 6.92 Å². The minimum absolute atomic E-state index is 0.126. The summed E-state index contributed by atoms with van der Waals surface area (Å²) >= 11 is 0. The third-order valence-corrected chi connectivity index (χ3v) is 7.50. The van der Waals surface area contributed by atoms with E-state index in [2.05, 4.69) is 11.8 Å². The van der Waals surface area contributed by atoms with Gasteiger partial charge in [0.25, 0.3) is 0 Å². The van der Waals surface area contributed by atoms with E-state index in [1.807, 2.05) is 0 Å². The predicted octanol–water partition coefficient (Wildman–Crippen LogP) is 2.48. The Bertz CT molecular complexity index is 446. The lowest BCUT2D eigenvalue weighted by molar-refractivity contribution is -0.160. The number of Topliss-reactive ketones (excluding diaryl/α,β-unsaturated/α-hetero) is 1. The van der Waals surface area contributed by atoms with Crippen LogP contribution in [-0.2, 0) is 4.79 Å². The fraction of sp³-hybridized carbons (Fsp3) is 0.938. The summed E-state index contributed by atoms with van der Waals surface area (Å²) in [6.45, 7) is 4.97. The second-order valence-electron chi connectivity index (χ2n) is 7.92. The highest BCUT2D eigenvalue weighted by atomic mass is 16.1. The summed E-state index contributed by atoms with van der Waals surface area (Å²) < 4.78 is 0. The fourth-order valence-electron chi connectivity index (χ4n) is 7.42. The van der Waals surface area contributed by atoms with Crippen molar-refractivity contribution in [2.45, 2.75) is 51.0 Å². The molecule has 2 aliphatic heterocycles. The number of hydrogen-bond acceptors (Lipinski definition) is 2. The van der Waals surface area contributed by atoms with Crippen molar-refractivity contribution in [1.29, 1.82) is 0 Å². The Balaban J connectivity index is 1.78. The molecule has 0 aromatic rings. The van der Waals surface area contributed by atoms with Gasteiger partial charge in [-0.2, -0.15) is 0 Å². The Labute approximate surface area is 109 Å². The number of carbonyl (C=O) groups is 1. The smallest absolute Gasteiger partial charge is 0.141 e. The van der Waals surface area contributed by atoms with E-state index in [0.717, 1.165) is 30.1 Å². The van der Waals surface area contributed by atoms with E-state index < -0.39 is 0 Å². The van der Waals surface area contributed by atoms with Gasteiger partial charge in [0.15, 0.2) is 0 Å². The van der Waals surface area contributed by atoms with E-state index in [1.54, 1.807) is 0 Å². The zero-order valence-electron chi connectivity index (χ0n) is 11.3. The second kappa shape index (κ2) is 2.87. The molecule has 3 aliphatic carbocycles. The zero-order chi connectivity index (χ0) is 12.1. The molecule has 1 spiro atoms. The van der Waals surface area contributed by atoms with Gasteiger partial charge >= 0.3 is 0 Å². The van der Waals surface area contributed by atoms with Crippen LogP contribution in [0.4, 0.5) is 0 Å². The Kier molecular flexibility index (Phi) is 1.66. The topological polar surface area (TPSA) is 20.3 Å². The minimum atomic E-state index is 0.126. The van der Waals surface area contributed by atoms with Crippen LogP contribution in [0.15, 0.2) is 0 Å². The fourth-order valence-corrected chi connectivity index (χ4v) is 7.42. The second-order valence-corrected chi connectivity index (χ2v) is 7.92. The van der Waals surface area contributed by atoms with Gasteiger partial charge in [-0.15, -0.1) is 0 Å². The number of piperidine rings is 2. The first kappa shape index (κ1) is 10.4. The molecule has 7 atom stereocenters. The molecular formula is C16H23NO. The normalized spacial score (nSPS) is 64.3. The molecular weight excluding hydrogens is 222 g/mol. The number of carbonyl (C=O) groups excluding carboxylic acids is 1. The highest BCUT2D eigenvalue weighted by molar-refractivity contribution is 5.90. The van der Waals surface area contributed by atoms with Crippen molar-refractivity contribution in [2.75, 3.05) is 13.1 Å². The SMILES string of the molecule is CC1CC2CC(=O)C34CCCN5CC3CC2C54C1. The van der Waals surface area contributed by atoms with Crippen molar-refractivity contribution in [2.24, 2.45) is 29.1 Å². The molecule has 2 heterocycles. The molecule has 2 nitrogen and oxygen atoms in total. The quantitative estimate of drug-likeness (QED) is 0.653. The molecule has 2 saturated heterocycles. The van der Waals surface area contributed by atoms with Crippen LogP contribution in [0, 0.1) is 29.1 Å². The maximum atomic E-state index is 12.9. The Morgan fingerprint density at radius 1 is 1.33 bits per heavy atom. The van der Waals surface area contributed by atoms with Crippen molar-refractivity contribution < 1.29 is 4.79 Å². The molecule has 0 N–H and O–H groups in total. The lowest BCUT2D eigenvalue weighted by Crippen LogP contribution is -2.68. The molecule has 18 heavy (non-hydrogen) atoms. The van der Waals surface area contributed by atoms with Gasteiger partial charge in [0, 0.05) is 18.5 Å². The third kappa shape index (κ3) is 0.801. The van der Waals surface area contributed by atoms with E-state index in [9.17, 15) is 4.79 Å². The molecule has 2 heteroatoms. The molecule has 6 bridgehead atoms. The number of ketones is 1. The first-order chi connectivity index (χ1) is 8.68. The van der Waals surface area contributed by atoms with E-state index >= 15 is 0 Å². The third-order valence-electron chi connectivity index (χ3n) is 7.50. The standard InChI is InChI=1S/C16H23NO/c1-10-5-11-6-14(18)15-3-2-4-17-9-12(15)7-13(11)16(15,17)8-10/h10-13H,2-9H2,1H3. The molecule has 0 aromatic carbocycles. The molecule has 0 amide bonds. The first-order valence-electron chi connectivity index (χ1n) is 7.97. The summed E-state index contributed by atoms with van der Waals surface area (Å²) in [6.07, 6.45) is 7.48. The van der Waals surface area contributed by atoms with Gasteiger partial charge in [0.2, 0.25) is 0 Å². The lowest BCUT2D eigenvalue weighted by atomic mass is 9.49. The van der Waals surface area contributed by atoms with Crippen LogP contribution in [0.25, 0.3) is 0 Å². The highest BCUT2D eigenvalue weighted by Gasteiger charge is 2.79. The Morgan fingerprint density at radius 3 is 3.11 bits per heavy atom. The van der Waals surface area contributed by atoms with Gasteiger partial charge in [-0.05, 0) is 62.3 Å². The summed E-state index contributed by atoms with van der Waals surface area (Å²) in [5.74, 6) is 3.87. The van der Waals surface area contributed by atoms with Crippen LogP contribution in [0.1, 0.15) is 45.4 Å². The average Bonchev–Trinajstić information content (AvgIpc) is 2.59. The molecule has 0 radical (unpaired) electrons. The summed E-state index contributed by atoms with van der Waals surface area (Å²) in [4.78, 5) is 15.7. The highest BCUT2D eigenvalue weighted by Crippen LogP contribution is 2.74. The van der Waals surface area contributed by atoms with Crippen LogP contribution < -0.4 is 0 Å². The summed E-state index contributed by atoms with van der Waals surface area (Å²) in [7, 11) is 0. The molecule has 5 fully saturated rings. The molecule has 0 aromatic heterocycles. The molecule has 5 aliphatic rings. The molecule has 5 rings (SSSR count). The summed E-state index contributed by atoms with van der Waals surface area (Å²) in [5.41, 5.74) is 0.467. The summed E-state index contributed by atoms with van der Waals surface area (Å²) in [5, 5.41) is 0. The maximum Gasteiger partial charge on any atom is 0.141 e. The van der Waals surface area contributed by atoms with Gasteiger partial charge in [0.1, 0.15) is 5.78 Å². The zero-order valence-corrected chi connectivity index (χ0v) is 11.3. The van der Waals surface area contributed by atoms with Crippen LogP contribution in [-0.4, -0.2) is 29.3 Å². The number of rotatable bonds is 0. The molecule has 98 valence electrons. The lowest BCUT2D eigenvalue weighted by Gasteiger charge is -2.62. The van der Waals surface area contributed by atoms with Crippen LogP contribution in [0.3, 0.4) is 0 Å². The average molecular weight is 245 g/mol. The van der Waals surface area contributed by atoms with Gasteiger partial charge in [-0.25, -0.2) is 0 Å². The number of hydrogen-bond donors (Lipinski definition) is 0. The van der Waals surface area contributed by atoms with Crippen molar-refractivity contribution in [1.82, 2.24) is 4.90 Å². The Hall–Kier alpha value is -0.370. The van der Waals surface area contributed by atoms with E-state index in [-0.39, 0.29) is 5.41 Å². The largest absolute Gasteiger partial charge is 0.299 e. The Morgan fingerprint density at radius 2 is 2.22 bits per heavy atom. The van der Waals surface area contributed by atoms with Crippen molar-refractivity contribution >= 4 is 5.78 Å².